The number of nitrogens with two attached hydrogens (primary N) is 2. The van der Waals surface area contributed by atoms with Crippen molar-refractivity contribution in [2.45, 2.75) is 6.18 Å². The minimum absolute atomic E-state index is 0.0776. The molecule has 3 aromatic rings. The SMILES string of the molecule is Nc1cc(F)cc(Oc2cc(Oc3cc(F)cc(N)c3F)c(C(F)(F)F)cc2F)c1F. The van der Waals surface area contributed by atoms with E-state index >= 15 is 0 Å². The maximum absolute atomic E-state index is 14.2. The van der Waals surface area contributed by atoms with Crippen LogP contribution < -0.4 is 20.9 Å². The second-order valence-electron chi connectivity index (χ2n) is 6.09. The molecule has 0 aromatic heterocycles. The van der Waals surface area contributed by atoms with Gasteiger partial charge in [0.15, 0.2) is 34.7 Å². The number of nitrogen functional groups attached to an aromatic ring is 2. The lowest BCUT2D eigenvalue weighted by Crippen LogP contribution is -2.09. The van der Waals surface area contributed by atoms with Crippen molar-refractivity contribution in [1.29, 1.82) is 0 Å². The minimum Gasteiger partial charge on any atom is -0.453 e. The molecule has 0 saturated carbocycles. The Hall–Kier alpha value is -3.70. The molecule has 4 nitrogen and oxygen atoms in total. The van der Waals surface area contributed by atoms with Gasteiger partial charge in [-0.05, 0) is 6.07 Å². The molecule has 0 spiro atoms. The summed E-state index contributed by atoms with van der Waals surface area (Å²) in [5.41, 5.74) is 7.23. The van der Waals surface area contributed by atoms with E-state index in [2.05, 4.69) is 0 Å². The number of hydrogen-bond donors (Lipinski definition) is 2. The number of ether oxygens (including phenoxy) is 2. The second kappa shape index (κ2) is 7.85. The first-order valence-electron chi connectivity index (χ1n) is 8.12. The normalized spacial score (nSPS) is 11.5. The van der Waals surface area contributed by atoms with Crippen molar-refractivity contribution in [3.05, 3.63) is 71.0 Å². The number of benzene rings is 3. The molecule has 164 valence electrons. The number of hydrogen-bond acceptors (Lipinski definition) is 4. The van der Waals surface area contributed by atoms with Crippen LogP contribution in [0.4, 0.5) is 46.5 Å². The van der Waals surface area contributed by atoms with Gasteiger partial charge in [-0.3, -0.25) is 0 Å². The van der Waals surface area contributed by atoms with E-state index in [1.54, 1.807) is 0 Å². The Morgan fingerprint density at radius 1 is 0.581 bits per heavy atom. The van der Waals surface area contributed by atoms with E-state index in [1.165, 1.54) is 0 Å². The highest BCUT2D eigenvalue weighted by molar-refractivity contribution is 5.52. The van der Waals surface area contributed by atoms with Crippen molar-refractivity contribution < 1.29 is 44.6 Å². The van der Waals surface area contributed by atoms with Crippen LogP contribution in [0, 0.1) is 29.1 Å². The van der Waals surface area contributed by atoms with Crippen LogP contribution in [-0.4, -0.2) is 0 Å². The molecule has 3 aromatic carbocycles. The third-order valence-electron chi connectivity index (χ3n) is 3.84. The summed E-state index contributed by atoms with van der Waals surface area (Å²) in [5.74, 6) is -10.8. The maximum atomic E-state index is 14.2. The van der Waals surface area contributed by atoms with Gasteiger partial charge in [-0.1, -0.05) is 0 Å². The monoisotopic (exact) mass is 450 g/mol. The molecule has 0 aliphatic rings. The van der Waals surface area contributed by atoms with Crippen LogP contribution in [0.5, 0.6) is 23.0 Å². The van der Waals surface area contributed by atoms with Gasteiger partial charge in [0.05, 0.1) is 11.4 Å². The van der Waals surface area contributed by atoms with Gasteiger partial charge in [-0.2, -0.15) is 13.2 Å². The first-order chi connectivity index (χ1) is 14.4. The molecule has 31 heavy (non-hydrogen) atoms. The maximum Gasteiger partial charge on any atom is 0.420 e. The summed E-state index contributed by atoms with van der Waals surface area (Å²) in [7, 11) is 0. The van der Waals surface area contributed by atoms with Gasteiger partial charge in [0.2, 0.25) is 0 Å². The quantitative estimate of drug-likeness (QED) is 0.370. The van der Waals surface area contributed by atoms with E-state index in [1.807, 2.05) is 0 Å². The number of alkyl halides is 3. The molecule has 0 heterocycles. The Morgan fingerprint density at radius 2 is 1.03 bits per heavy atom. The van der Waals surface area contributed by atoms with Gasteiger partial charge in [0.1, 0.15) is 22.9 Å². The zero-order chi connectivity index (χ0) is 23.1. The molecule has 0 aliphatic carbocycles. The molecule has 3 rings (SSSR count). The fourth-order valence-electron chi connectivity index (χ4n) is 2.47. The lowest BCUT2D eigenvalue weighted by molar-refractivity contribution is -0.138. The molecule has 0 unspecified atom stereocenters. The first kappa shape index (κ1) is 22.0. The number of halogens is 8. The molecule has 0 atom stereocenters. The first-order valence-corrected chi connectivity index (χ1v) is 8.12. The summed E-state index contributed by atoms with van der Waals surface area (Å²) in [6, 6.07) is 2.25. The lowest BCUT2D eigenvalue weighted by atomic mass is 10.1. The van der Waals surface area contributed by atoms with Crippen LogP contribution >= 0.6 is 0 Å². The molecule has 0 bridgehead atoms. The van der Waals surface area contributed by atoms with Crippen molar-refractivity contribution in [2.75, 3.05) is 11.5 Å². The molecular formula is C19H10F8N2O2. The number of rotatable bonds is 4. The molecule has 0 aliphatic heterocycles. The summed E-state index contributed by atoms with van der Waals surface area (Å²) in [6.45, 7) is 0. The summed E-state index contributed by atoms with van der Waals surface area (Å²) in [6.07, 6.45) is -5.20. The Morgan fingerprint density at radius 3 is 1.48 bits per heavy atom. The van der Waals surface area contributed by atoms with Crippen molar-refractivity contribution in [3.63, 3.8) is 0 Å². The highest BCUT2D eigenvalue weighted by Gasteiger charge is 2.36. The molecule has 0 amide bonds. The van der Waals surface area contributed by atoms with E-state index in [0.717, 1.165) is 0 Å². The van der Waals surface area contributed by atoms with Crippen LogP contribution in [-0.2, 0) is 6.18 Å². The van der Waals surface area contributed by atoms with Crippen LogP contribution in [0.25, 0.3) is 0 Å². The zero-order valence-electron chi connectivity index (χ0n) is 15.0. The van der Waals surface area contributed by atoms with Crippen LogP contribution in [0.2, 0.25) is 0 Å². The van der Waals surface area contributed by atoms with Gasteiger partial charge in [-0.15, -0.1) is 0 Å². The van der Waals surface area contributed by atoms with E-state index in [9.17, 15) is 35.1 Å². The Labute approximate surface area is 168 Å². The van der Waals surface area contributed by atoms with Crippen LogP contribution in [0.3, 0.4) is 0 Å². The fraction of sp³-hybridized carbons (Fsp3) is 0.0526. The van der Waals surface area contributed by atoms with Crippen molar-refractivity contribution in [3.8, 4) is 23.0 Å². The predicted molar refractivity (Wildman–Crippen MR) is 93.1 cm³/mol. The van der Waals surface area contributed by atoms with Crippen LogP contribution in [0.1, 0.15) is 5.56 Å². The van der Waals surface area contributed by atoms with Gasteiger partial charge < -0.3 is 20.9 Å². The van der Waals surface area contributed by atoms with Gasteiger partial charge in [-0.25, -0.2) is 22.0 Å². The molecule has 0 radical (unpaired) electrons. The lowest BCUT2D eigenvalue weighted by Gasteiger charge is -2.17. The molecule has 0 fully saturated rings. The van der Waals surface area contributed by atoms with Gasteiger partial charge >= 0.3 is 6.18 Å². The Balaban J connectivity index is 2.12. The predicted octanol–water partition coefficient (Wildman–Crippen LogP) is 6.15. The second-order valence-corrected chi connectivity index (χ2v) is 6.09. The third-order valence-corrected chi connectivity index (χ3v) is 3.84. The van der Waals surface area contributed by atoms with Gasteiger partial charge in [0, 0.05) is 30.3 Å². The Kier molecular flexibility index (Phi) is 5.57. The summed E-state index contributed by atoms with van der Waals surface area (Å²) >= 11 is 0. The largest absolute Gasteiger partial charge is 0.453 e. The highest BCUT2D eigenvalue weighted by Crippen LogP contribution is 2.43. The van der Waals surface area contributed by atoms with Crippen molar-refractivity contribution in [2.24, 2.45) is 0 Å². The third kappa shape index (κ3) is 4.57. The van der Waals surface area contributed by atoms with E-state index in [0.29, 0.717) is 30.3 Å². The molecule has 0 saturated heterocycles. The summed E-state index contributed by atoms with van der Waals surface area (Å²) < 4.78 is 119. The summed E-state index contributed by atoms with van der Waals surface area (Å²) in [4.78, 5) is 0. The minimum atomic E-state index is -5.20. The zero-order valence-corrected chi connectivity index (χ0v) is 15.0. The van der Waals surface area contributed by atoms with Gasteiger partial charge in [0.25, 0.3) is 0 Å². The topological polar surface area (TPSA) is 70.5 Å². The molecule has 12 heteroatoms. The smallest absolute Gasteiger partial charge is 0.420 e. The standard InChI is InChI=1S/C19H10F8N2O2/c20-7-1-11(28)17(23)15(3-7)30-13-6-14(10(22)5-9(13)19(25,26)27)31-16-4-8(21)2-12(29)18(16)24/h1-6H,28-29H2. The fourth-order valence-corrected chi connectivity index (χ4v) is 2.47. The van der Waals surface area contributed by atoms with E-state index < -0.39 is 75.2 Å². The molecular weight excluding hydrogens is 440 g/mol. The average molecular weight is 450 g/mol. The highest BCUT2D eigenvalue weighted by atomic mass is 19.4. The van der Waals surface area contributed by atoms with Crippen molar-refractivity contribution >= 4 is 11.4 Å². The summed E-state index contributed by atoms with van der Waals surface area (Å²) in [5, 5.41) is 0. The van der Waals surface area contributed by atoms with E-state index in [4.69, 9.17) is 20.9 Å². The average Bonchev–Trinajstić information content (AvgIpc) is 2.64. The Bertz CT molecular complexity index is 1160. The van der Waals surface area contributed by atoms with Crippen LogP contribution in [0.15, 0.2) is 36.4 Å². The van der Waals surface area contributed by atoms with Crippen molar-refractivity contribution in [1.82, 2.24) is 0 Å². The molecule has 4 N–H and O–H groups in total. The number of anilines is 2. The van der Waals surface area contributed by atoms with E-state index in [-0.39, 0.29) is 6.07 Å².